The average molecular weight is 425 g/mol. The van der Waals surface area contributed by atoms with Gasteiger partial charge in [0.2, 0.25) is 0 Å². The normalized spacial score (nSPS) is 13.4. The van der Waals surface area contributed by atoms with E-state index < -0.39 is 35.8 Å². The Balaban J connectivity index is 1.80. The van der Waals surface area contributed by atoms with Crippen LogP contribution in [-0.2, 0) is 9.53 Å². The number of hydrogen-bond donors (Lipinski definition) is 2. The van der Waals surface area contributed by atoms with Gasteiger partial charge in [0.05, 0.1) is 29.0 Å². The molecule has 0 aliphatic carbocycles. The predicted molar refractivity (Wildman–Crippen MR) is 108 cm³/mol. The number of fused-ring (bicyclic) bond motifs is 1. The van der Waals surface area contributed by atoms with E-state index in [4.69, 9.17) is 15.2 Å². The van der Waals surface area contributed by atoms with Gasteiger partial charge in [-0.2, -0.15) is 0 Å². The van der Waals surface area contributed by atoms with Crippen molar-refractivity contribution < 1.29 is 33.4 Å². The summed E-state index contributed by atoms with van der Waals surface area (Å²) in [5, 5.41) is 1.80. The molecule has 1 unspecified atom stereocenters. The molecule has 1 atom stereocenters. The zero-order valence-corrected chi connectivity index (χ0v) is 16.7. The molecular weight excluding hydrogens is 406 g/mol. The summed E-state index contributed by atoms with van der Waals surface area (Å²) in [4.78, 5) is 61.3. The van der Waals surface area contributed by atoms with Gasteiger partial charge in [0.1, 0.15) is 5.75 Å². The Bertz CT molecular complexity index is 1080. The summed E-state index contributed by atoms with van der Waals surface area (Å²) in [5.74, 6) is -2.33. The van der Waals surface area contributed by atoms with Crippen LogP contribution < -0.4 is 20.7 Å². The van der Waals surface area contributed by atoms with Gasteiger partial charge in [-0.1, -0.05) is 0 Å². The molecule has 3 N–H and O–H groups in total. The first-order valence-corrected chi connectivity index (χ1v) is 9.30. The largest absolute Gasteiger partial charge is 0.494 e. The Morgan fingerprint density at radius 1 is 1.03 bits per heavy atom. The fourth-order valence-corrected chi connectivity index (χ4v) is 2.97. The third-order valence-corrected chi connectivity index (χ3v) is 4.43. The molecule has 2 aromatic carbocycles. The summed E-state index contributed by atoms with van der Waals surface area (Å²) in [5.41, 5.74) is 5.34. The molecule has 160 valence electrons. The molecule has 5 amide bonds. The highest BCUT2D eigenvalue weighted by molar-refractivity contribution is 6.34. The van der Waals surface area contributed by atoms with Crippen molar-refractivity contribution in [3.8, 4) is 5.75 Å². The van der Waals surface area contributed by atoms with Gasteiger partial charge in [-0.25, -0.2) is 14.5 Å². The van der Waals surface area contributed by atoms with Crippen LogP contribution in [0.1, 0.15) is 44.9 Å². The first kappa shape index (κ1) is 21.5. The highest BCUT2D eigenvalue weighted by Gasteiger charge is 2.37. The lowest BCUT2D eigenvalue weighted by molar-refractivity contribution is -0.127. The Morgan fingerprint density at radius 2 is 1.68 bits per heavy atom. The molecule has 0 fully saturated rings. The predicted octanol–water partition coefficient (Wildman–Crippen LogP) is 1.63. The van der Waals surface area contributed by atoms with Gasteiger partial charge in [0.15, 0.2) is 6.10 Å². The van der Waals surface area contributed by atoms with Crippen molar-refractivity contribution in [2.24, 2.45) is 5.73 Å². The number of primary amides is 1. The molecule has 10 heteroatoms. The van der Waals surface area contributed by atoms with E-state index in [-0.39, 0.29) is 16.7 Å². The van der Waals surface area contributed by atoms with E-state index in [0.717, 1.165) is 4.90 Å². The monoisotopic (exact) mass is 425 g/mol. The number of nitrogens with two attached hydrogens (primary N) is 1. The summed E-state index contributed by atoms with van der Waals surface area (Å²) in [6.45, 7) is 3.57. The SMILES string of the molecule is CCOc1ccc(N2C(=O)c3ccc(C(=O)OC(C)C(=O)NC(N)=O)cc3C2=O)cc1. The quantitative estimate of drug-likeness (QED) is 0.528. The second kappa shape index (κ2) is 8.66. The van der Waals surface area contributed by atoms with E-state index >= 15 is 0 Å². The van der Waals surface area contributed by atoms with Gasteiger partial charge in [-0.05, 0) is 56.3 Å². The van der Waals surface area contributed by atoms with Crippen LogP contribution in [0.5, 0.6) is 5.75 Å². The summed E-state index contributed by atoms with van der Waals surface area (Å²) < 4.78 is 10.3. The van der Waals surface area contributed by atoms with Crippen molar-refractivity contribution in [3.63, 3.8) is 0 Å². The molecule has 0 spiro atoms. The van der Waals surface area contributed by atoms with Crippen molar-refractivity contribution >= 4 is 35.4 Å². The fourth-order valence-electron chi connectivity index (χ4n) is 2.97. The standard InChI is InChI=1S/C21H19N3O7/c1-3-30-14-7-5-13(6-8-14)24-18(26)15-9-4-12(10-16(15)19(24)27)20(28)31-11(2)17(25)23-21(22)29/h4-11H,3H2,1-2H3,(H3,22,23,25,29). The van der Waals surface area contributed by atoms with Crippen molar-refractivity contribution in [1.82, 2.24) is 5.32 Å². The lowest BCUT2D eigenvalue weighted by atomic mass is 10.1. The number of urea groups is 1. The van der Waals surface area contributed by atoms with Crippen LogP contribution >= 0.6 is 0 Å². The molecule has 0 bridgehead atoms. The number of carbonyl (C=O) groups is 5. The number of esters is 1. The second-order valence-corrected chi connectivity index (χ2v) is 6.53. The molecule has 3 rings (SSSR count). The van der Waals surface area contributed by atoms with E-state index in [1.54, 1.807) is 29.6 Å². The van der Waals surface area contributed by atoms with E-state index in [1.165, 1.54) is 25.1 Å². The smallest absolute Gasteiger partial charge is 0.338 e. The summed E-state index contributed by atoms with van der Waals surface area (Å²) in [7, 11) is 0. The van der Waals surface area contributed by atoms with Crippen molar-refractivity contribution in [2.75, 3.05) is 11.5 Å². The fraction of sp³-hybridized carbons (Fsp3) is 0.190. The average Bonchev–Trinajstić information content (AvgIpc) is 2.98. The van der Waals surface area contributed by atoms with Crippen LogP contribution in [0.4, 0.5) is 10.5 Å². The number of benzene rings is 2. The molecule has 1 heterocycles. The molecule has 0 saturated heterocycles. The first-order chi connectivity index (χ1) is 14.7. The topological polar surface area (TPSA) is 145 Å². The number of anilines is 1. The maximum atomic E-state index is 12.9. The number of imide groups is 2. The molecular formula is C21H19N3O7. The van der Waals surface area contributed by atoms with Crippen molar-refractivity contribution in [2.45, 2.75) is 20.0 Å². The molecule has 1 aliphatic rings. The second-order valence-electron chi connectivity index (χ2n) is 6.53. The zero-order valence-electron chi connectivity index (χ0n) is 16.7. The minimum Gasteiger partial charge on any atom is -0.494 e. The molecule has 31 heavy (non-hydrogen) atoms. The van der Waals surface area contributed by atoms with E-state index in [0.29, 0.717) is 18.0 Å². The minimum atomic E-state index is -1.30. The molecule has 0 saturated carbocycles. The van der Waals surface area contributed by atoms with Crippen LogP contribution in [-0.4, -0.2) is 42.4 Å². The Kier molecular flexibility index (Phi) is 6.00. The van der Waals surface area contributed by atoms with Gasteiger partial charge < -0.3 is 15.2 Å². The van der Waals surface area contributed by atoms with Crippen LogP contribution in [0.3, 0.4) is 0 Å². The van der Waals surface area contributed by atoms with Crippen LogP contribution in [0, 0.1) is 0 Å². The lowest BCUT2D eigenvalue weighted by Gasteiger charge is -2.14. The van der Waals surface area contributed by atoms with E-state index in [1.807, 2.05) is 6.92 Å². The maximum absolute atomic E-state index is 12.9. The maximum Gasteiger partial charge on any atom is 0.338 e. The van der Waals surface area contributed by atoms with Gasteiger partial charge >= 0.3 is 12.0 Å². The zero-order chi connectivity index (χ0) is 22.7. The number of carbonyl (C=O) groups excluding carboxylic acids is 5. The van der Waals surface area contributed by atoms with E-state index in [9.17, 15) is 24.0 Å². The number of nitrogens with one attached hydrogen (secondary N) is 1. The highest BCUT2D eigenvalue weighted by atomic mass is 16.5. The van der Waals surface area contributed by atoms with Crippen LogP contribution in [0.2, 0.25) is 0 Å². The molecule has 1 aliphatic heterocycles. The lowest BCUT2D eigenvalue weighted by Crippen LogP contribution is -2.42. The van der Waals surface area contributed by atoms with Gasteiger partial charge in [-0.15, -0.1) is 0 Å². The number of amides is 5. The van der Waals surface area contributed by atoms with Crippen molar-refractivity contribution in [1.29, 1.82) is 0 Å². The van der Waals surface area contributed by atoms with Crippen LogP contribution in [0.25, 0.3) is 0 Å². The molecule has 0 aromatic heterocycles. The third kappa shape index (κ3) is 4.37. The van der Waals surface area contributed by atoms with Crippen molar-refractivity contribution in [3.05, 3.63) is 59.2 Å². The summed E-state index contributed by atoms with van der Waals surface area (Å²) >= 11 is 0. The summed E-state index contributed by atoms with van der Waals surface area (Å²) in [6, 6.07) is 9.26. The first-order valence-electron chi connectivity index (χ1n) is 9.30. The van der Waals surface area contributed by atoms with Gasteiger partial charge in [-0.3, -0.25) is 19.7 Å². The number of hydrogen-bond acceptors (Lipinski definition) is 7. The third-order valence-electron chi connectivity index (χ3n) is 4.43. The Hall–Kier alpha value is -4.21. The Morgan fingerprint density at radius 3 is 2.29 bits per heavy atom. The molecule has 10 nitrogen and oxygen atoms in total. The highest BCUT2D eigenvalue weighted by Crippen LogP contribution is 2.30. The summed E-state index contributed by atoms with van der Waals surface area (Å²) in [6.07, 6.45) is -1.30. The number of nitrogens with zero attached hydrogens (tertiary/aromatic N) is 1. The number of ether oxygens (including phenoxy) is 2. The van der Waals surface area contributed by atoms with E-state index in [2.05, 4.69) is 0 Å². The van der Waals surface area contributed by atoms with Gasteiger partial charge in [0, 0.05) is 0 Å². The molecule has 2 aromatic rings. The minimum absolute atomic E-state index is 0.0302. The van der Waals surface area contributed by atoms with Crippen LogP contribution in [0.15, 0.2) is 42.5 Å². The Labute approximate surface area is 176 Å². The molecule has 0 radical (unpaired) electrons. The van der Waals surface area contributed by atoms with Gasteiger partial charge in [0.25, 0.3) is 17.7 Å². The number of rotatable bonds is 6.